The Kier molecular flexibility index (Phi) is 11.1. The lowest BCUT2D eigenvalue weighted by Gasteiger charge is -2.47. The molecule has 0 aromatic carbocycles. The van der Waals surface area contributed by atoms with Crippen LogP contribution in [0.1, 0.15) is 22.5 Å². The highest BCUT2D eigenvalue weighted by Gasteiger charge is 2.51. The molecule has 1 amide bonds. The first kappa shape index (κ1) is 32.6. The number of methoxy groups -OCH3 is 1. The van der Waals surface area contributed by atoms with Crippen LogP contribution in [0.3, 0.4) is 0 Å². The molecule has 0 aliphatic carbocycles. The lowest BCUT2D eigenvalue weighted by Crippen LogP contribution is -2.60. The molecule has 2 N–H and O–H groups in total. The Morgan fingerprint density at radius 3 is 2.08 bits per heavy atom. The van der Waals surface area contributed by atoms with Crippen LogP contribution in [0.15, 0.2) is 42.7 Å². The number of likely N-dealkylation sites (tertiary alicyclic amines) is 1. The quantitative estimate of drug-likeness (QED) is 0.490. The number of thioether (sulfide) groups is 1. The molecule has 1 spiro atoms. The summed E-state index contributed by atoms with van der Waals surface area (Å²) in [5, 5.41) is 14.2. The Labute approximate surface area is 227 Å². The molecule has 2 aliphatic heterocycles. The first-order valence-electron chi connectivity index (χ1n) is 11.1. The molecule has 2 saturated heterocycles. The monoisotopic (exact) mass is 599 g/mol. The Morgan fingerprint density at radius 2 is 1.57 bits per heavy atom. The highest BCUT2D eigenvalue weighted by molar-refractivity contribution is 8.01. The number of halogens is 6. The van der Waals surface area contributed by atoms with Crippen LogP contribution in [0.4, 0.5) is 26.3 Å². The van der Waals surface area contributed by atoms with Gasteiger partial charge in [-0.2, -0.15) is 26.3 Å². The summed E-state index contributed by atoms with van der Waals surface area (Å²) in [4.78, 5) is 40.8. The van der Waals surface area contributed by atoms with Crippen LogP contribution in [0.25, 0.3) is 0 Å². The summed E-state index contributed by atoms with van der Waals surface area (Å²) in [7, 11) is 1.53. The van der Waals surface area contributed by atoms with E-state index in [9.17, 15) is 31.1 Å². The van der Waals surface area contributed by atoms with Crippen LogP contribution in [-0.2, 0) is 20.9 Å². The first-order valence-corrected chi connectivity index (χ1v) is 12.1. The standard InChI is InChI=1S/C19H21N3O3S.2C2HF3O2/c1-24-17-16(6-4-8-21-17)18(23)22-12-19(13-22)9-15(11-26-19)25-10-14-5-2-3-7-20-14;2*3-2(4,5)1(6)7/h2-8,15H,9-13H2,1H3;2*(H,6,7). The molecule has 2 aromatic heterocycles. The summed E-state index contributed by atoms with van der Waals surface area (Å²) in [6, 6.07) is 9.37. The lowest BCUT2D eigenvalue weighted by molar-refractivity contribution is -0.193. The molecule has 1 unspecified atom stereocenters. The van der Waals surface area contributed by atoms with Crippen molar-refractivity contribution in [2.45, 2.75) is 36.2 Å². The van der Waals surface area contributed by atoms with Gasteiger partial charge in [0.15, 0.2) is 0 Å². The van der Waals surface area contributed by atoms with Gasteiger partial charge in [-0.3, -0.25) is 9.78 Å². The second kappa shape index (κ2) is 13.6. The van der Waals surface area contributed by atoms with Gasteiger partial charge in [0.1, 0.15) is 5.56 Å². The van der Waals surface area contributed by atoms with Gasteiger partial charge in [0, 0.05) is 31.2 Å². The number of carbonyl (C=O) groups excluding carboxylic acids is 1. The van der Waals surface area contributed by atoms with Gasteiger partial charge in [-0.15, -0.1) is 11.8 Å². The van der Waals surface area contributed by atoms with E-state index in [0.29, 0.717) is 18.1 Å². The normalized spacial score (nSPS) is 17.5. The molecule has 10 nitrogen and oxygen atoms in total. The fourth-order valence-corrected chi connectivity index (χ4v) is 5.05. The number of aromatic nitrogens is 2. The van der Waals surface area contributed by atoms with Crippen molar-refractivity contribution in [3.05, 3.63) is 54.0 Å². The zero-order chi connectivity index (χ0) is 30.1. The number of carboxylic acids is 2. The van der Waals surface area contributed by atoms with Crippen molar-refractivity contribution in [1.29, 1.82) is 0 Å². The number of pyridine rings is 2. The van der Waals surface area contributed by atoms with Gasteiger partial charge in [-0.1, -0.05) is 6.07 Å². The van der Waals surface area contributed by atoms with Crippen molar-refractivity contribution in [2.24, 2.45) is 0 Å². The molecule has 17 heteroatoms. The van der Waals surface area contributed by atoms with E-state index in [0.717, 1.165) is 31.0 Å². The first-order chi connectivity index (χ1) is 18.6. The van der Waals surface area contributed by atoms with Crippen molar-refractivity contribution in [2.75, 3.05) is 26.0 Å². The van der Waals surface area contributed by atoms with E-state index < -0.39 is 24.3 Å². The Morgan fingerprint density at radius 1 is 1.00 bits per heavy atom. The number of nitrogens with zero attached hydrogens (tertiary/aromatic N) is 3. The second-order valence-corrected chi connectivity index (χ2v) is 9.77. The number of alkyl halides is 6. The molecule has 220 valence electrons. The predicted molar refractivity (Wildman–Crippen MR) is 127 cm³/mol. The summed E-state index contributed by atoms with van der Waals surface area (Å²) < 4.78 is 74.8. The van der Waals surface area contributed by atoms with Gasteiger partial charge < -0.3 is 24.6 Å². The SMILES string of the molecule is COc1ncccc1C(=O)N1CC2(CC(OCc3ccccn3)CS2)C1.O=C(O)C(F)(F)F.O=C(O)C(F)(F)F. The average molecular weight is 600 g/mol. The molecule has 4 rings (SSSR count). The number of carboxylic acid groups (broad SMARTS) is 2. The lowest BCUT2D eigenvalue weighted by atomic mass is 9.92. The Bertz CT molecular complexity index is 1140. The Balaban J connectivity index is 0.000000333. The number of ether oxygens (including phenoxy) is 2. The molecule has 0 bridgehead atoms. The van der Waals surface area contributed by atoms with Gasteiger partial charge in [-0.05, 0) is 30.7 Å². The highest BCUT2D eigenvalue weighted by Crippen LogP contribution is 2.46. The summed E-state index contributed by atoms with van der Waals surface area (Å²) in [6.45, 7) is 2.04. The predicted octanol–water partition coefficient (Wildman–Crippen LogP) is 3.67. The van der Waals surface area contributed by atoms with Crippen LogP contribution in [0.2, 0.25) is 0 Å². The maximum absolute atomic E-state index is 12.7. The molecular weight excluding hydrogens is 576 g/mol. The fraction of sp³-hybridized carbons (Fsp3) is 0.435. The van der Waals surface area contributed by atoms with E-state index >= 15 is 0 Å². The van der Waals surface area contributed by atoms with Gasteiger partial charge in [0.2, 0.25) is 5.88 Å². The van der Waals surface area contributed by atoms with Gasteiger partial charge in [-0.25, -0.2) is 14.6 Å². The van der Waals surface area contributed by atoms with E-state index in [-0.39, 0.29) is 16.8 Å². The molecule has 0 saturated carbocycles. The van der Waals surface area contributed by atoms with Crippen LogP contribution in [0.5, 0.6) is 5.88 Å². The number of aliphatic carboxylic acids is 2. The summed E-state index contributed by atoms with van der Waals surface area (Å²) in [5.74, 6) is -4.18. The number of hydrogen-bond donors (Lipinski definition) is 2. The molecule has 0 radical (unpaired) electrons. The van der Waals surface area contributed by atoms with Crippen molar-refractivity contribution in [3.8, 4) is 5.88 Å². The fourth-order valence-electron chi connectivity index (χ4n) is 3.50. The molecule has 40 heavy (non-hydrogen) atoms. The minimum Gasteiger partial charge on any atom is -0.480 e. The van der Waals surface area contributed by atoms with Crippen molar-refractivity contribution in [1.82, 2.24) is 14.9 Å². The molecular formula is C23H23F6N3O7S. The third-order valence-electron chi connectivity index (χ3n) is 5.29. The van der Waals surface area contributed by atoms with Crippen molar-refractivity contribution in [3.63, 3.8) is 0 Å². The summed E-state index contributed by atoms with van der Waals surface area (Å²) in [5.41, 5.74) is 1.48. The van der Waals surface area contributed by atoms with Gasteiger partial charge in [0.05, 0.1) is 30.3 Å². The summed E-state index contributed by atoms with van der Waals surface area (Å²) in [6.07, 6.45) is -5.57. The largest absolute Gasteiger partial charge is 0.490 e. The van der Waals surface area contributed by atoms with E-state index in [4.69, 9.17) is 29.3 Å². The van der Waals surface area contributed by atoms with Crippen LogP contribution >= 0.6 is 11.8 Å². The number of carbonyl (C=O) groups is 3. The Hall–Kier alpha value is -3.60. The molecule has 2 fully saturated rings. The highest BCUT2D eigenvalue weighted by atomic mass is 32.2. The average Bonchev–Trinajstić information content (AvgIpc) is 3.31. The third-order valence-corrected chi connectivity index (χ3v) is 6.87. The maximum Gasteiger partial charge on any atom is 0.490 e. The number of amides is 1. The van der Waals surface area contributed by atoms with Crippen molar-refractivity contribution < 1.29 is 60.4 Å². The van der Waals surface area contributed by atoms with Gasteiger partial charge >= 0.3 is 24.3 Å². The minimum absolute atomic E-state index is 0.0148. The zero-order valence-electron chi connectivity index (χ0n) is 20.6. The minimum atomic E-state index is -5.08. The topological polar surface area (TPSA) is 139 Å². The zero-order valence-corrected chi connectivity index (χ0v) is 21.4. The van der Waals surface area contributed by atoms with Crippen LogP contribution < -0.4 is 4.74 Å². The van der Waals surface area contributed by atoms with Crippen molar-refractivity contribution >= 4 is 29.6 Å². The third kappa shape index (κ3) is 9.55. The van der Waals surface area contributed by atoms with E-state index in [2.05, 4.69) is 9.97 Å². The summed E-state index contributed by atoms with van der Waals surface area (Å²) >= 11 is 1.91. The van der Waals surface area contributed by atoms with Gasteiger partial charge in [0.25, 0.3) is 5.91 Å². The molecule has 2 aliphatic rings. The van der Waals surface area contributed by atoms with E-state index in [1.54, 1.807) is 24.5 Å². The molecule has 4 heterocycles. The second-order valence-electron chi connectivity index (χ2n) is 8.28. The number of rotatable bonds is 5. The number of hydrogen-bond acceptors (Lipinski definition) is 8. The van der Waals surface area contributed by atoms with E-state index in [1.807, 2.05) is 34.9 Å². The molecule has 1 atom stereocenters. The van der Waals surface area contributed by atoms with Crippen LogP contribution in [0, 0.1) is 0 Å². The smallest absolute Gasteiger partial charge is 0.480 e. The molecule has 2 aromatic rings. The van der Waals surface area contributed by atoms with E-state index in [1.165, 1.54) is 7.11 Å². The maximum atomic E-state index is 12.7. The van der Waals surface area contributed by atoms with Crippen LogP contribution in [-0.4, -0.2) is 92.1 Å².